The predicted octanol–water partition coefficient (Wildman–Crippen LogP) is 10.0. The standard InChI is InChI=1S/C35H46F2N2O2.C2H6.CH4O/c1-7-30(20-18-27(4)36)24-38-28(5)19-21-31(15-13-11-9-10-12-14-16-35(40)41)25-39-34-22-17-26(3)33(29(34)6)23-32(37)8-2;2*1-2/h7-9,11,13,15,18-21,23-24,29,34,39H,1-2,10,12,14,16-17,22,25H2,3-6H3,(H,40,41);1-2H3;2H,1H3/b11-9+,15-13+,27-18+,28-19+,30-20+,31-21+,32-23+,38-24+;;. The molecule has 2 unspecified atom stereocenters. The number of nitrogens with zero attached hydrogens (tertiary/aromatic N) is 1. The van der Waals surface area contributed by atoms with E-state index in [9.17, 15) is 13.6 Å². The second kappa shape index (κ2) is 27.8. The molecule has 1 rings (SSSR count). The zero-order chi connectivity index (χ0) is 34.6. The van der Waals surface area contributed by atoms with Gasteiger partial charge in [0.1, 0.15) is 5.83 Å². The van der Waals surface area contributed by atoms with E-state index >= 15 is 0 Å². The smallest absolute Gasteiger partial charge is 0.303 e. The van der Waals surface area contributed by atoms with E-state index in [1.54, 1.807) is 24.4 Å². The highest BCUT2D eigenvalue weighted by Gasteiger charge is 2.25. The number of hydrogen-bond acceptors (Lipinski definition) is 4. The molecule has 0 radical (unpaired) electrons. The minimum atomic E-state index is -0.765. The van der Waals surface area contributed by atoms with Crippen LogP contribution in [0.3, 0.4) is 0 Å². The van der Waals surface area contributed by atoms with Crippen molar-refractivity contribution in [1.82, 2.24) is 5.32 Å². The first-order valence-electron chi connectivity index (χ1n) is 15.6. The Morgan fingerprint density at radius 3 is 2.33 bits per heavy atom. The number of unbranched alkanes of at least 4 members (excludes halogenated alkanes) is 2. The van der Waals surface area contributed by atoms with E-state index in [4.69, 9.17) is 10.2 Å². The van der Waals surface area contributed by atoms with Crippen LogP contribution in [-0.4, -0.2) is 42.1 Å². The average Bonchev–Trinajstić information content (AvgIpc) is 3.03. The van der Waals surface area contributed by atoms with Gasteiger partial charge in [-0.15, -0.1) is 0 Å². The molecule has 0 aromatic carbocycles. The van der Waals surface area contributed by atoms with Gasteiger partial charge in [-0.3, -0.25) is 9.79 Å². The molecule has 0 fully saturated rings. The number of halogens is 2. The van der Waals surface area contributed by atoms with Crippen molar-refractivity contribution in [3.8, 4) is 0 Å². The van der Waals surface area contributed by atoms with Gasteiger partial charge < -0.3 is 15.5 Å². The van der Waals surface area contributed by atoms with Crippen molar-refractivity contribution < 1.29 is 23.8 Å². The van der Waals surface area contributed by atoms with E-state index in [1.807, 2.05) is 57.2 Å². The Morgan fingerprint density at radius 2 is 1.73 bits per heavy atom. The summed E-state index contributed by atoms with van der Waals surface area (Å²) in [7, 11) is 1.00. The molecule has 0 aliphatic heterocycles. The van der Waals surface area contributed by atoms with Crippen LogP contribution >= 0.6 is 0 Å². The molecule has 2 atom stereocenters. The molecule has 7 heteroatoms. The molecule has 0 aromatic rings. The van der Waals surface area contributed by atoms with Crippen molar-refractivity contribution >= 4 is 12.2 Å². The molecule has 0 amide bonds. The number of hydrogen-bond donors (Lipinski definition) is 3. The van der Waals surface area contributed by atoms with Crippen molar-refractivity contribution in [2.24, 2.45) is 10.9 Å². The number of carboxylic acid groups (broad SMARTS) is 1. The van der Waals surface area contributed by atoms with Gasteiger partial charge in [-0.25, -0.2) is 8.78 Å². The number of carbonyl (C=O) groups is 1. The fourth-order valence-corrected chi connectivity index (χ4v) is 4.25. The number of rotatable bonds is 17. The largest absolute Gasteiger partial charge is 0.481 e. The molecule has 0 aromatic heterocycles. The summed E-state index contributed by atoms with van der Waals surface area (Å²) >= 11 is 0. The van der Waals surface area contributed by atoms with Gasteiger partial charge >= 0.3 is 5.97 Å². The highest BCUT2D eigenvalue weighted by atomic mass is 19.1. The van der Waals surface area contributed by atoms with Crippen molar-refractivity contribution in [1.29, 1.82) is 0 Å². The quantitative estimate of drug-likeness (QED) is 0.0853. The zero-order valence-corrected chi connectivity index (χ0v) is 28.5. The molecular formula is C38H56F2N2O3. The number of allylic oxidation sites excluding steroid dienone is 15. The van der Waals surface area contributed by atoms with Crippen molar-refractivity contribution in [3.05, 3.63) is 120 Å². The fraction of sp³-hybridized carbons (Fsp3) is 0.421. The minimum Gasteiger partial charge on any atom is -0.481 e. The molecule has 1 aliphatic rings. The molecule has 3 N–H and O–H groups in total. The summed E-state index contributed by atoms with van der Waals surface area (Å²) in [6, 6.07) is 0.194. The van der Waals surface area contributed by atoms with Crippen molar-refractivity contribution in [3.63, 3.8) is 0 Å². The summed E-state index contributed by atoms with van der Waals surface area (Å²) in [6.45, 7) is 19.3. The summed E-state index contributed by atoms with van der Waals surface area (Å²) in [4.78, 5) is 15.1. The Hall–Kier alpha value is -3.68. The second-order valence-electron chi connectivity index (χ2n) is 10.1. The topological polar surface area (TPSA) is 81.9 Å². The van der Waals surface area contributed by atoms with Crippen LogP contribution in [0.1, 0.15) is 80.1 Å². The maximum atomic E-state index is 14.0. The molecular weight excluding hydrogens is 570 g/mol. The van der Waals surface area contributed by atoms with Crippen LogP contribution in [0, 0.1) is 5.92 Å². The average molecular weight is 627 g/mol. The van der Waals surface area contributed by atoms with Crippen LogP contribution in [0.2, 0.25) is 0 Å². The Morgan fingerprint density at radius 1 is 1.04 bits per heavy atom. The molecule has 1 aliphatic carbocycles. The van der Waals surface area contributed by atoms with Gasteiger partial charge in [0.25, 0.3) is 0 Å². The van der Waals surface area contributed by atoms with E-state index < -0.39 is 5.97 Å². The third-order valence-corrected chi connectivity index (χ3v) is 6.74. The maximum absolute atomic E-state index is 14.0. The fourth-order valence-electron chi connectivity index (χ4n) is 4.25. The highest BCUT2D eigenvalue weighted by molar-refractivity contribution is 5.83. The predicted molar refractivity (Wildman–Crippen MR) is 190 cm³/mol. The van der Waals surface area contributed by atoms with Gasteiger partial charge in [0.15, 0.2) is 0 Å². The van der Waals surface area contributed by atoms with E-state index in [-0.39, 0.29) is 30.0 Å². The lowest BCUT2D eigenvalue weighted by Crippen LogP contribution is -2.39. The molecule has 0 saturated carbocycles. The third kappa shape index (κ3) is 21.6. The van der Waals surface area contributed by atoms with Crippen molar-refractivity contribution in [2.75, 3.05) is 13.7 Å². The van der Waals surface area contributed by atoms with Crippen LogP contribution in [0.4, 0.5) is 8.78 Å². The molecule has 0 saturated heterocycles. The van der Waals surface area contributed by atoms with Gasteiger partial charge in [0.05, 0.1) is 5.83 Å². The Kier molecular flexibility index (Phi) is 26.9. The second-order valence-corrected chi connectivity index (χ2v) is 10.1. The first-order chi connectivity index (χ1) is 21.6. The number of aliphatic hydroxyl groups is 1. The molecule has 5 nitrogen and oxygen atoms in total. The number of aliphatic hydroxyl groups excluding tert-OH is 1. The number of nitrogens with one attached hydrogen (secondary N) is 1. The lowest BCUT2D eigenvalue weighted by Gasteiger charge is -2.32. The normalized spacial score (nSPS) is 18.6. The van der Waals surface area contributed by atoms with Gasteiger partial charge in [-0.1, -0.05) is 82.0 Å². The van der Waals surface area contributed by atoms with Crippen LogP contribution < -0.4 is 5.32 Å². The molecule has 0 bridgehead atoms. The minimum absolute atomic E-state index is 0.151. The summed E-state index contributed by atoms with van der Waals surface area (Å²) in [5, 5.41) is 19.4. The number of carboxylic acids is 1. The third-order valence-electron chi connectivity index (χ3n) is 6.74. The molecule has 250 valence electrons. The van der Waals surface area contributed by atoms with Gasteiger partial charge in [0.2, 0.25) is 0 Å². The molecule has 0 spiro atoms. The van der Waals surface area contributed by atoms with Gasteiger partial charge in [-0.2, -0.15) is 0 Å². The SMILES string of the molecule is C=C/C(F)=C\C1=C(C)CCC(NCC(/C=C/C=C/CCCCC(=O)O)=C/C=C(C)/N=C/C(C=C)=C/C=C(\C)F)C1C.CC.CO. The molecule has 0 heterocycles. The summed E-state index contributed by atoms with van der Waals surface area (Å²) in [5.74, 6) is -1.23. The monoisotopic (exact) mass is 626 g/mol. The maximum Gasteiger partial charge on any atom is 0.303 e. The van der Waals surface area contributed by atoms with Crippen LogP contribution in [0.25, 0.3) is 0 Å². The first-order valence-corrected chi connectivity index (χ1v) is 15.6. The van der Waals surface area contributed by atoms with Crippen molar-refractivity contribution in [2.45, 2.75) is 86.1 Å². The van der Waals surface area contributed by atoms with Crippen LogP contribution in [-0.2, 0) is 4.79 Å². The lowest BCUT2D eigenvalue weighted by molar-refractivity contribution is -0.137. The van der Waals surface area contributed by atoms with Gasteiger partial charge in [0, 0.05) is 38.0 Å². The van der Waals surface area contributed by atoms with E-state index in [0.717, 1.165) is 49.6 Å². The van der Waals surface area contributed by atoms with Crippen LogP contribution in [0.15, 0.2) is 125 Å². The lowest BCUT2D eigenvalue weighted by atomic mass is 9.80. The molecule has 45 heavy (non-hydrogen) atoms. The van der Waals surface area contributed by atoms with Gasteiger partial charge in [-0.05, 0) is 99.8 Å². The summed E-state index contributed by atoms with van der Waals surface area (Å²) < 4.78 is 27.0. The zero-order valence-electron chi connectivity index (χ0n) is 28.5. The Labute approximate surface area is 271 Å². The van der Waals surface area contributed by atoms with E-state index in [2.05, 4.69) is 37.3 Å². The number of aliphatic imine (C=N–C) groups is 1. The first kappa shape index (κ1) is 43.4. The Balaban J connectivity index is 0. The Bertz CT molecular complexity index is 1180. The van der Waals surface area contributed by atoms with Crippen LogP contribution in [0.5, 0.6) is 0 Å². The summed E-state index contributed by atoms with van der Waals surface area (Å²) in [6.07, 6.45) is 25.4. The van der Waals surface area contributed by atoms with E-state index in [0.29, 0.717) is 18.5 Å². The summed E-state index contributed by atoms with van der Waals surface area (Å²) in [5.41, 5.74) is 4.74. The number of aliphatic carboxylic acids is 1. The van der Waals surface area contributed by atoms with E-state index in [1.165, 1.54) is 24.6 Å². The highest BCUT2D eigenvalue weighted by Crippen LogP contribution is 2.32.